The van der Waals surface area contributed by atoms with E-state index in [-0.39, 0.29) is 11.9 Å². The van der Waals surface area contributed by atoms with E-state index in [0.29, 0.717) is 12.5 Å². The lowest BCUT2D eigenvalue weighted by molar-refractivity contribution is -0.123. The summed E-state index contributed by atoms with van der Waals surface area (Å²) >= 11 is 1.60. The van der Waals surface area contributed by atoms with Crippen LogP contribution in [0.25, 0.3) is 10.2 Å². The molecule has 1 fully saturated rings. The number of hydrogen-bond acceptors (Lipinski definition) is 6. The highest BCUT2D eigenvalue weighted by atomic mass is 32.1. The van der Waals surface area contributed by atoms with Gasteiger partial charge in [-0.15, -0.1) is 11.3 Å². The van der Waals surface area contributed by atoms with Gasteiger partial charge in [0.25, 0.3) is 0 Å². The molecular weight excluding hydrogens is 286 g/mol. The lowest BCUT2D eigenvalue weighted by atomic mass is 10.1. The summed E-state index contributed by atoms with van der Waals surface area (Å²) in [7, 11) is 0. The average molecular weight is 305 g/mol. The van der Waals surface area contributed by atoms with Crippen LogP contribution in [0.5, 0.6) is 0 Å². The summed E-state index contributed by atoms with van der Waals surface area (Å²) in [6.07, 6.45) is 0.762. The largest absolute Gasteiger partial charge is 0.354 e. The number of piperazine rings is 1. The molecule has 2 N–H and O–H groups in total. The van der Waals surface area contributed by atoms with E-state index in [4.69, 9.17) is 0 Å². The number of thiophene rings is 1. The Labute approximate surface area is 127 Å². The van der Waals surface area contributed by atoms with Crippen molar-refractivity contribution >= 4 is 39.2 Å². The van der Waals surface area contributed by atoms with Crippen LogP contribution in [0.1, 0.15) is 20.3 Å². The molecule has 0 radical (unpaired) electrons. The molecule has 1 aliphatic heterocycles. The Kier molecular flexibility index (Phi) is 3.92. The molecule has 0 bridgehead atoms. The summed E-state index contributed by atoms with van der Waals surface area (Å²) in [5.74, 6) is 1.57. The predicted octanol–water partition coefficient (Wildman–Crippen LogP) is 1.84. The normalized spacial score (nSPS) is 18.9. The predicted molar refractivity (Wildman–Crippen MR) is 86.0 cm³/mol. The molecule has 2 aromatic rings. The number of anilines is 2. The van der Waals surface area contributed by atoms with E-state index in [9.17, 15) is 4.79 Å². The van der Waals surface area contributed by atoms with E-state index in [1.165, 1.54) is 0 Å². The van der Waals surface area contributed by atoms with Crippen molar-refractivity contribution < 1.29 is 4.79 Å². The van der Waals surface area contributed by atoms with E-state index < -0.39 is 0 Å². The molecule has 1 atom stereocenters. The van der Waals surface area contributed by atoms with Gasteiger partial charge in [-0.05, 0) is 24.8 Å². The monoisotopic (exact) mass is 305 g/mol. The van der Waals surface area contributed by atoms with Gasteiger partial charge in [0.15, 0.2) is 0 Å². The fourth-order valence-corrected chi connectivity index (χ4v) is 3.43. The van der Waals surface area contributed by atoms with E-state index in [1.807, 2.05) is 25.3 Å². The summed E-state index contributed by atoms with van der Waals surface area (Å²) in [4.78, 5) is 24.3. The van der Waals surface area contributed by atoms with Crippen LogP contribution in [-0.2, 0) is 4.79 Å². The minimum absolute atomic E-state index is 0.0794. The molecule has 0 spiro atoms. The molecular formula is C14H19N5OS. The van der Waals surface area contributed by atoms with Crippen LogP contribution in [0.3, 0.4) is 0 Å². The van der Waals surface area contributed by atoms with E-state index in [0.717, 1.165) is 35.5 Å². The van der Waals surface area contributed by atoms with Gasteiger partial charge >= 0.3 is 0 Å². The second-order valence-electron chi connectivity index (χ2n) is 4.95. The lowest BCUT2D eigenvalue weighted by Gasteiger charge is -2.35. The Bertz CT molecular complexity index is 656. The Balaban J connectivity index is 2.08. The Morgan fingerprint density at radius 3 is 3.10 bits per heavy atom. The van der Waals surface area contributed by atoms with Crippen LogP contribution < -0.4 is 15.5 Å². The molecule has 3 rings (SSSR count). The Morgan fingerprint density at radius 2 is 2.33 bits per heavy atom. The van der Waals surface area contributed by atoms with Crippen molar-refractivity contribution in [1.82, 2.24) is 15.3 Å². The smallest absolute Gasteiger partial charge is 0.242 e. The molecule has 21 heavy (non-hydrogen) atoms. The van der Waals surface area contributed by atoms with Crippen molar-refractivity contribution in [3.63, 3.8) is 0 Å². The zero-order valence-electron chi connectivity index (χ0n) is 12.2. The van der Waals surface area contributed by atoms with E-state index in [1.54, 1.807) is 11.3 Å². The highest BCUT2D eigenvalue weighted by Gasteiger charge is 2.30. The van der Waals surface area contributed by atoms with Gasteiger partial charge in [-0.3, -0.25) is 4.79 Å². The van der Waals surface area contributed by atoms with E-state index in [2.05, 4.69) is 25.5 Å². The third-order valence-electron chi connectivity index (χ3n) is 3.63. The standard InChI is InChI=1S/C14H19N5OS/c1-3-10-12(20)16-6-7-19(10)11-9-5-8-21-13(9)18-14(17-11)15-4-2/h5,8,10H,3-4,6-7H2,1-2H3,(H,16,20)(H,15,17,18). The quantitative estimate of drug-likeness (QED) is 0.902. The SMILES string of the molecule is CCNc1nc(N2CCNC(=O)C2CC)c2ccsc2n1. The highest BCUT2D eigenvalue weighted by molar-refractivity contribution is 7.16. The Hall–Kier alpha value is -1.89. The Morgan fingerprint density at radius 1 is 1.48 bits per heavy atom. The van der Waals surface area contributed by atoms with Crippen molar-refractivity contribution in [3.8, 4) is 0 Å². The maximum Gasteiger partial charge on any atom is 0.242 e. The molecule has 1 amide bonds. The maximum absolute atomic E-state index is 12.1. The second-order valence-corrected chi connectivity index (χ2v) is 5.84. The lowest BCUT2D eigenvalue weighted by Crippen LogP contribution is -2.55. The van der Waals surface area contributed by atoms with Gasteiger partial charge in [-0.25, -0.2) is 4.98 Å². The summed E-state index contributed by atoms with van der Waals surface area (Å²) < 4.78 is 0. The van der Waals surface area contributed by atoms with Gasteiger partial charge in [0.2, 0.25) is 11.9 Å². The van der Waals surface area contributed by atoms with Crippen LogP contribution >= 0.6 is 11.3 Å². The first-order chi connectivity index (χ1) is 10.2. The number of carbonyl (C=O) groups excluding carboxylic acids is 1. The number of nitrogens with one attached hydrogen (secondary N) is 2. The first kappa shape index (κ1) is 14.1. The summed E-state index contributed by atoms with van der Waals surface area (Å²) in [5, 5.41) is 9.14. The molecule has 7 heteroatoms. The molecule has 0 aromatic carbocycles. The van der Waals surface area contributed by atoms with Gasteiger partial charge < -0.3 is 15.5 Å². The molecule has 3 heterocycles. The molecule has 6 nitrogen and oxygen atoms in total. The topological polar surface area (TPSA) is 70.2 Å². The van der Waals surface area contributed by atoms with Crippen molar-refractivity contribution in [2.75, 3.05) is 29.9 Å². The summed E-state index contributed by atoms with van der Waals surface area (Å²) in [5.41, 5.74) is 0. The van der Waals surface area contributed by atoms with Crippen LogP contribution in [-0.4, -0.2) is 41.6 Å². The van der Waals surface area contributed by atoms with Crippen molar-refractivity contribution in [2.45, 2.75) is 26.3 Å². The zero-order valence-corrected chi connectivity index (χ0v) is 13.0. The van der Waals surface area contributed by atoms with Crippen molar-refractivity contribution in [1.29, 1.82) is 0 Å². The number of hydrogen-bond donors (Lipinski definition) is 2. The number of fused-ring (bicyclic) bond motifs is 1. The number of aromatic nitrogens is 2. The van der Waals surface area contributed by atoms with Gasteiger partial charge in [0.05, 0.1) is 5.39 Å². The van der Waals surface area contributed by atoms with E-state index >= 15 is 0 Å². The molecule has 1 saturated heterocycles. The van der Waals surface area contributed by atoms with Crippen LogP contribution in [0, 0.1) is 0 Å². The third kappa shape index (κ3) is 2.53. The molecule has 0 saturated carbocycles. The second kappa shape index (κ2) is 5.85. The van der Waals surface area contributed by atoms with Gasteiger partial charge in [-0.2, -0.15) is 4.98 Å². The fraction of sp³-hybridized carbons (Fsp3) is 0.500. The van der Waals surface area contributed by atoms with Crippen LogP contribution in [0.2, 0.25) is 0 Å². The molecule has 1 unspecified atom stereocenters. The number of rotatable bonds is 4. The van der Waals surface area contributed by atoms with Crippen LogP contribution in [0.15, 0.2) is 11.4 Å². The minimum Gasteiger partial charge on any atom is -0.354 e. The summed E-state index contributed by atoms with van der Waals surface area (Å²) in [6.45, 7) is 6.25. The third-order valence-corrected chi connectivity index (χ3v) is 4.44. The fourth-order valence-electron chi connectivity index (χ4n) is 2.67. The van der Waals surface area contributed by atoms with Crippen molar-refractivity contribution in [2.24, 2.45) is 0 Å². The van der Waals surface area contributed by atoms with Crippen molar-refractivity contribution in [3.05, 3.63) is 11.4 Å². The van der Waals surface area contributed by atoms with Gasteiger partial charge in [-0.1, -0.05) is 6.92 Å². The number of carbonyl (C=O) groups is 1. The maximum atomic E-state index is 12.1. The number of amides is 1. The molecule has 0 aliphatic carbocycles. The van der Waals surface area contributed by atoms with Gasteiger partial charge in [0.1, 0.15) is 16.7 Å². The highest BCUT2D eigenvalue weighted by Crippen LogP contribution is 2.31. The number of nitrogens with zero attached hydrogens (tertiary/aromatic N) is 3. The first-order valence-corrected chi connectivity index (χ1v) is 8.16. The molecule has 1 aliphatic rings. The van der Waals surface area contributed by atoms with Crippen LogP contribution in [0.4, 0.5) is 11.8 Å². The minimum atomic E-state index is -0.161. The average Bonchev–Trinajstić information content (AvgIpc) is 2.95. The van der Waals surface area contributed by atoms with Gasteiger partial charge in [0, 0.05) is 19.6 Å². The zero-order chi connectivity index (χ0) is 14.8. The molecule has 112 valence electrons. The molecule has 2 aromatic heterocycles. The first-order valence-electron chi connectivity index (χ1n) is 7.28. The summed E-state index contributed by atoms with van der Waals surface area (Å²) in [6, 6.07) is 1.87.